The standard InChI is InChI=1S/C15H19NO/c1-13-4-6-14(7-5-13)3-2-10-16-11-8-15(17)9-12-16/h4-7,15,17H,8-12H2,1H3. The number of hydrogen-bond acceptors (Lipinski definition) is 2. The smallest absolute Gasteiger partial charge is 0.0605 e. The van der Waals surface area contributed by atoms with E-state index >= 15 is 0 Å². The highest BCUT2D eigenvalue weighted by Gasteiger charge is 2.15. The number of aliphatic hydroxyl groups is 1. The van der Waals surface area contributed by atoms with Crippen LogP contribution in [0.3, 0.4) is 0 Å². The largest absolute Gasteiger partial charge is 0.393 e. The van der Waals surface area contributed by atoms with E-state index in [1.54, 1.807) is 0 Å². The molecule has 1 saturated heterocycles. The van der Waals surface area contributed by atoms with E-state index in [1.165, 1.54) is 5.56 Å². The van der Waals surface area contributed by atoms with Crippen molar-refractivity contribution in [2.45, 2.75) is 25.9 Å². The molecule has 2 heteroatoms. The summed E-state index contributed by atoms with van der Waals surface area (Å²) in [7, 11) is 0. The monoisotopic (exact) mass is 229 g/mol. The van der Waals surface area contributed by atoms with Gasteiger partial charge in [-0.1, -0.05) is 29.5 Å². The summed E-state index contributed by atoms with van der Waals surface area (Å²) in [6.45, 7) is 4.81. The Balaban J connectivity index is 1.84. The topological polar surface area (TPSA) is 23.5 Å². The van der Waals surface area contributed by atoms with E-state index in [1.807, 2.05) is 0 Å². The van der Waals surface area contributed by atoms with Crippen molar-refractivity contribution in [3.05, 3.63) is 35.4 Å². The van der Waals surface area contributed by atoms with Gasteiger partial charge in [-0.2, -0.15) is 0 Å². The van der Waals surface area contributed by atoms with Crippen LogP contribution in [0.5, 0.6) is 0 Å². The van der Waals surface area contributed by atoms with Gasteiger partial charge < -0.3 is 5.11 Å². The summed E-state index contributed by atoms with van der Waals surface area (Å²) < 4.78 is 0. The SMILES string of the molecule is Cc1ccc(C#CCN2CCC(O)CC2)cc1. The quantitative estimate of drug-likeness (QED) is 0.742. The van der Waals surface area contributed by atoms with Crippen LogP contribution in [0.1, 0.15) is 24.0 Å². The lowest BCUT2D eigenvalue weighted by Crippen LogP contribution is -2.35. The van der Waals surface area contributed by atoms with Crippen molar-refractivity contribution in [1.29, 1.82) is 0 Å². The molecule has 0 radical (unpaired) electrons. The van der Waals surface area contributed by atoms with Gasteiger partial charge in [0.2, 0.25) is 0 Å². The third-order valence-electron chi connectivity index (χ3n) is 3.14. The highest BCUT2D eigenvalue weighted by molar-refractivity contribution is 5.35. The Hall–Kier alpha value is -1.30. The zero-order valence-electron chi connectivity index (χ0n) is 10.3. The number of aliphatic hydroxyl groups excluding tert-OH is 1. The molecule has 1 N–H and O–H groups in total. The second-order valence-corrected chi connectivity index (χ2v) is 4.68. The minimum Gasteiger partial charge on any atom is -0.393 e. The molecule has 0 saturated carbocycles. The van der Waals surface area contributed by atoms with E-state index in [9.17, 15) is 5.11 Å². The van der Waals surface area contributed by atoms with Crippen LogP contribution in [0.2, 0.25) is 0 Å². The highest BCUT2D eigenvalue weighted by Crippen LogP contribution is 2.08. The third-order valence-corrected chi connectivity index (χ3v) is 3.14. The summed E-state index contributed by atoms with van der Waals surface area (Å²) in [5, 5.41) is 9.39. The van der Waals surface area contributed by atoms with Gasteiger partial charge in [0.05, 0.1) is 12.6 Å². The molecule has 90 valence electrons. The predicted molar refractivity (Wildman–Crippen MR) is 69.7 cm³/mol. The lowest BCUT2D eigenvalue weighted by atomic mass is 10.1. The molecule has 1 aromatic carbocycles. The number of likely N-dealkylation sites (tertiary alicyclic amines) is 1. The molecule has 1 aliphatic heterocycles. The molecule has 0 spiro atoms. The first-order chi connectivity index (χ1) is 8.24. The Bertz CT molecular complexity index is 405. The van der Waals surface area contributed by atoms with Crippen LogP contribution in [-0.2, 0) is 0 Å². The number of rotatable bonds is 1. The molecule has 0 unspecified atom stereocenters. The number of piperidine rings is 1. The lowest BCUT2D eigenvalue weighted by molar-refractivity contribution is 0.0889. The van der Waals surface area contributed by atoms with Crippen molar-refractivity contribution in [3.63, 3.8) is 0 Å². The molecule has 17 heavy (non-hydrogen) atoms. The zero-order valence-corrected chi connectivity index (χ0v) is 10.3. The maximum absolute atomic E-state index is 9.39. The Labute approximate surface area is 103 Å². The van der Waals surface area contributed by atoms with E-state index in [0.29, 0.717) is 0 Å². The molecule has 1 aliphatic rings. The molecule has 2 rings (SSSR count). The molecule has 0 amide bonds. The van der Waals surface area contributed by atoms with Crippen molar-refractivity contribution in [2.24, 2.45) is 0 Å². The van der Waals surface area contributed by atoms with Gasteiger partial charge >= 0.3 is 0 Å². The van der Waals surface area contributed by atoms with Crippen LogP contribution < -0.4 is 0 Å². The van der Waals surface area contributed by atoms with Crippen molar-refractivity contribution in [1.82, 2.24) is 4.90 Å². The van der Waals surface area contributed by atoms with Crippen LogP contribution in [0.25, 0.3) is 0 Å². The van der Waals surface area contributed by atoms with E-state index in [4.69, 9.17) is 0 Å². The van der Waals surface area contributed by atoms with Crippen LogP contribution in [0, 0.1) is 18.8 Å². The first-order valence-corrected chi connectivity index (χ1v) is 6.20. The molecular weight excluding hydrogens is 210 g/mol. The zero-order chi connectivity index (χ0) is 12.1. The summed E-state index contributed by atoms with van der Waals surface area (Å²) in [5.41, 5.74) is 2.34. The number of nitrogens with zero attached hydrogens (tertiary/aromatic N) is 1. The normalized spacial score (nSPS) is 17.5. The summed E-state index contributed by atoms with van der Waals surface area (Å²) in [6, 6.07) is 8.28. The van der Waals surface area contributed by atoms with Gasteiger partial charge in [-0.3, -0.25) is 4.90 Å². The molecule has 1 aromatic rings. The molecular formula is C15H19NO. The fraction of sp³-hybridized carbons (Fsp3) is 0.467. The maximum Gasteiger partial charge on any atom is 0.0605 e. The fourth-order valence-electron chi connectivity index (χ4n) is 1.97. The third kappa shape index (κ3) is 3.89. The van der Waals surface area contributed by atoms with E-state index in [0.717, 1.165) is 38.0 Å². The lowest BCUT2D eigenvalue weighted by Gasteiger charge is -2.27. The van der Waals surface area contributed by atoms with Gasteiger partial charge in [0.25, 0.3) is 0 Å². The molecule has 2 nitrogen and oxygen atoms in total. The minimum atomic E-state index is -0.101. The Kier molecular flexibility index (Phi) is 4.19. The fourth-order valence-corrected chi connectivity index (χ4v) is 1.97. The Morgan fingerprint density at radius 3 is 2.53 bits per heavy atom. The number of hydrogen-bond donors (Lipinski definition) is 1. The van der Waals surface area contributed by atoms with Gasteiger partial charge in [0.15, 0.2) is 0 Å². The van der Waals surface area contributed by atoms with Crippen molar-refractivity contribution in [2.75, 3.05) is 19.6 Å². The Morgan fingerprint density at radius 1 is 1.24 bits per heavy atom. The predicted octanol–water partition coefficient (Wildman–Crippen LogP) is 1.80. The summed E-state index contributed by atoms with van der Waals surface area (Å²) >= 11 is 0. The van der Waals surface area contributed by atoms with Gasteiger partial charge in [-0.05, 0) is 31.9 Å². The first kappa shape index (κ1) is 12.2. The molecule has 0 atom stereocenters. The van der Waals surface area contributed by atoms with Crippen LogP contribution in [-0.4, -0.2) is 35.7 Å². The van der Waals surface area contributed by atoms with Gasteiger partial charge in [-0.25, -0.2) is 0 Å². The average molecular weight is 229 g/mol. The summed E-state index contributed by atoms with van der Waals surface area (Å²) in [5.74, 6) is 6.38. The first-order valence-electron chi connectivity index (χ1n) is 6.20. The number of aryl methyl sites for hydroxylation is 1. The van der Waals surface area contributed by atoms with Gasteiger partial charge in [0.1, 0.15) is 0 Å². The molecule has 1 fully saturated rings. The van der Waals surface area contributed by atoms with E-state index < -0.39 is 0 Å². The molecule has 0 aromatic heterocycles. The van der Waals surface area contributed by atoms with Crippen LogP contribution >= 0.6 is 0 Å². The van der Waals surface area contributed by atoms with Crippen molar-refractivity contribution in [3.8, 4) is 11.8 Å². The molecule has 0 aliphatic carbocycles. The van der Waals surface area contributed by atoms with Crippen LogP contribution in [0.15, 0.2) is 24.3 Å². The number of benzene rings is 1. The maximum atomic E-state index is 9.39. The summed E-state index contributed by atoms with van der Waals surface area (Å²) in [4.78, 5) is 2.30. The Morgan fingerprint density at radius 2 is 1.88 bits per heavy atom. The second kappa shape index (κ2) is 5.86. The summed E-state index contributed by atoms with van der Waals surface area (Å²) in [6.07, 6.45) is 1.66. The van der Waals surface area contributed by atoms with Crippen molar-refractivity contribution >= 4 is 0 Å². The average Bonchev–Trinajstić information content (AvgIpc) is 2.34. The highest BCUT2D eigenvalue weighted by atomic mass is 16.3. The van der Waals surface area contributed by atoms with Crippen LogP contribution in [0.4, 0.5) is 0 Å². The second-order valence-electron chi connectivity index (χ2n) is 4.68. The molecule has 0 bridgehead atoms. The van der Waals surface area contributed by atoms with Gasteiger partial charge in [0, 0.05) is 18.7 Å². The van der Waals surface area contributed by atoms with Gasteiger partial charge in [-0.15, -0.1) is 0 Å². The van der Waals surface area contributed by atoms with E-state index in [2.05, 4.69) is 47.9 Å². The van der Waals surface area contributed by atoms with Crippen molar-refractivity contribution < 1.29 is 5.11 Å². The molecule has 1 heterocycles. The van der Waals surface area contributed by atoms with E-state index in [-0.39, 0.29) is 6.10 Å². The minimum absolute atomic E-state index is 0.101.